The minimum absolute atomic E-state index is 0.0953. The van der Waals surface area contributed by atoms with Gasteiger partial charge in [-0.05, 0) is 19.1 Å². The molecule has 0 aliphatic heterocycles. The zero-order chi connectivity index (χ0) is 13.9. The Morgan fingerprint density at radius 2 is 2.06 bits per heavy atom. The van der Waals surface area contributed by atoms with Crippen molar-refractivity contribution in [1.29, 1.82) is 0 Å². The number of methoxy groups -OCH3 is 1. The molecule has 4 nitrogen and oxygen atoms in total. The van der Waals surface area contributed by atoms with E-state index in [1.807, 2.05) is 0 Å². The fourth-order valence-corrected chi connectivity index (χ4v) is 1.70. The second-order valence-corrected chi connectivity index (χ2v) is 4.12. The molecule has 0 aromatic heterocycles. The Hall–Kier alpha value is -1.91. The molecule has 1 atom stereocenters. The number of hydrogen-bond donors (Lipinski definition) is 1. The molecule has 5 heteroatoms. The largest absolute Gasteiger partial charge is 0.496 e. The lowest BCUT2D eigenvalue weighted by Gasteiger charge is -2.12. The van der Waals surface area contributed by atoms with Gasteiger partial charge >= 0.3 is 5.97 Å². The Balaban J connectivity index is 3.07. The van der Waals surface area contributed by atoms with Crippen molar-refractivity contribution in [2.24, 2.45) is 5.92 Å². The molecular formula is C13H15FO4. The molecule has 0 heterocycles. The first kappa shape index (κ1) is 14.2. The summed E-state index contributed by atoms with van der Waals surface area (Å²) in [7, 11) is 1.41. The third kappa shape index (κ3) is 2.85. The fourth-order valence-electron chi connectivity index (χ4n) is 1.70. The second kappa shape index (κ2) is 5.62. The summed E-state index contributed by atoms with van der Waals surface area (Å²) in [4.78, 5) is 22.4. The number of halogens is 1. The molecule has 0 aliphatic rings. The Labute approximate surface area is 104 Å². The van der Waals surface area contributed by atoms with E-state index in [1.165, 1.54) is 33.1 Å². The quantitative estimate of drug-likeness (QED) is 0.820. The van der Waals surface area contributed by atoms with Crippen LogP contribution in [0, 0.1) is 18.7 Å². The number of carboxylic acids is 1. The van der Waals surface area contributed by atoms with Crippen molar-refractivity contribution in [1.82, 2.24) is 0 Å². The molecule has 98 valence electrons. The topological polar surface area (TPSA) is 63.6 Å². The monoisotopic (exact) mass is 254 g/mol. The number of ether oxygens (including phenoxy) is 1. The maximum atomic E-state index is 13.9. The van der Waals surface area contributed by atoms with Crippen LogP contribution in [0.1, 0.15) is 29.3 Å². The minimum Gasteiger partial charge on any atom is -0.496 e. The molecule has 1 aromatic rings. The zero-order valence-electron chi connectivity index (χ0n) is 10.5. The fraction of sp³-hybridized carbons (Fsp3) is 0.385. The van der Waals surface area contributed by atoms with Gasteiger partial charge in [0.05, 0.1) is 19.1 Å². The normalized spacial score (nSPS) is 12.0. The summed E-state index contributed by atoms with van der Waals surface area (Å²) in [6, 6.07) is 2.82. The first-order valence-electron chi connectivity index (χ1n) is 5.47. The average molecular weight is 254 g/mol. The number of carbonyl (C=O) groups excluding carboxylic acids is 1. The van der Waals surface area contributed by atoms with Crippen LogP contribution in [0.2, 0.25) is 0 Å². The van der Waals surface area contributed by atoms with E-state index in [0.29, 0.717) is 5.75 Å². The standard InChI is InChI=1S/C13H15FO4/c1-7(6-11(15)16)13(17)9-4-5-10(18-3)8(2)12(9)14/h4-5,7H,6H2,1-3H3,(H,15,16). The number of rotatable bonds is 5. The van der Waals surface area contributed by atoms with Crippen molar-refractivity contribution < 1.29 is 23.8 Å². The van der Waals surface area contributed by atoms with Crippen LogP contribution in [-0.2, 0) is 4.79 Å². The lowest BCUT2D eigenvalue weighted by atomic mass is 9.94. The Morgan fingerprint density at radius 1 is 1.44 bits per heavy atom. The maximum Gasteiger partial charge on any atom is 0.304 e. The molecule has 1 unspecified atom stereocenters. The number of benzene rings is 1. The van der Waals surface area contributed by atoms with Crippen molar-refractivity contribution in [2.75, 3.05) is 7.11 Å². The van der Waals surface area contributed by atoms with E-state index in [4.69, 9.17) is 9.84 Å². The van der Waals surface area contributed by atoms with Crippen LogP contribution in [0.15, 0.2) is 12.1 Å². The molecule has 0 aliphatic carbocycles. The van der Waals surface area contributed by atoms with Crippen LogP contribution in [0.25, 0.3) is 0 Å². The molecule has 0 saturated heterocycles. The number of hydrogen-bond acceptors (Lipinski definition) is 3. The summed E-state index contributed by atoms with van der Waals surface area (Å²) < 4.78 is 18.9. The highest BCUT2D eigenvalue weighted by Crippen LogP contribution is 2.25. The summed E-state index contributed by atoms with van der Waals surface area (Å²) in [5, 5.41) is 8.62. The lowest BCUT2D eigenvalue weighted by Crippen LogP contribution is -2.17. The Kier molecular flexibility index (Phi) is 4.42. The van der Waals surface area contributed by atoms with Gasteiger partial charge in [-0.15, -0.1) is 0 Å². The molecule has 0 amide bonds. The minimum atomic E-state index is -1.08. The predicted molar refractivity (Wildman–Crippen MR) is 63.4 cm³/mol. The summed E-state index contributed by atoms with van der Waals surface area (Å²) in [5.74, 6) is -2.65. The van der Waals surface area contributed by atoms with Crippen molar-refractivity contribution in [2.45, 2.75) is 20.3 Å². The van der Waals surface area contributed by atoms with Crippen molar-refractivity contribution in [3.63, 3.8) is 0 Å². The first-order chi connectivity index (χ1) is 8.38. The molecule has 0 bridgehead atoms. The highest BCUT2D eigenvalue weighted by Gasteiger charge is 2.23. The van der Waals surface area contributed by atoms with Gasteiger partial charge < -0.3 is 9.84 Å². The first-order valence-corrected chi connectivity index (χ1v) is 5.47. The van der Waals surface area contributed by atoms with Gasteiger partial charge in [-0.25, -0.2) is 4.39 Å². The lowest BCUT2D eigenvalue weighted by molar-refractivity contribution is -0.137. The molecule has 0 saturated carbocycles. The molecule has 1 rings (SSSR count). The third-order valence-corrected chi connectivity index (χ3v) is 2.75. The number of aliphatic carboxylic acids is 1. The predicted octanol–water partition coefficient (Wildman–Crippen LogP) is 2.44. The molecule has 0 radical (unpaired) electrons. The van der Waals surface area contributed by atoms with E-state index in [-0.39, 0.29) is 17.5 Å². The van der Waals surface area contributed by atoms with Gasteiger partial charge in [0.2, 0.25) is 0 Å². The van der Waals surface area contributed by atoms with Gasteiger partial charge in [-0.1, -0.05) is 6.92 Å². The summed E-state index contributed by atoms with van der Waals surface area (Å²) in [5.41, 5.74) is 0.146. The van der Waals surface area contributed by atoms with Crippen molar-refractivity contribution >= 4 is 11.8 Å². The SMILES string of the molecule is COc1ccc(C(=O)C(C)CC(=O)O)c(F)c1C. The number of ketones is 1. The average Bonchev–Trinajstić information content (AvgIpc) is 2.31. The summed E-state index contributed by atoms with van der Waals surface area (Å²) >= 11 is 0. The van der Waals surface area contributed by atoms with Gasteiger partial charge in [0.15, 0.2) is 5.78 Å². The molecule has 0 spiro atoms. The van der Waals surface area contributed by atoms with Gasteiger partial charge in [-0.3, -0.25) is 9.59 Å². The van der Waals surface area contributed by atoms with Gasteiger partial charge in [-0.2, -0.15) is 0 Å². The van der Waals surface area contributed by atoms with Gasteiger partial charge in [0.25, 0.3) is 0 Å². The van der Waals surface area contributed by atoms with Crippen LogP contribution in [0.4, 0.5) is 4.39 Å². The number of carboxylic acid groups (broad SMARTS) is 1. The highest BCUT2D eigenvalue weighted by molar-refractivity contribution is 5.99. The van der Waals surface area contributed by atoms with Gasteiger partial charge in [0.1, 0.15) is 11.6 Å². The van der Waals surface area contributed by atoms with Crippen LogP contribution in [-0.4, -0.2) is 24.0 Å². The number of Topliss-reactive ketones (excluding diaryl/α,β-unsaturated/α-hetero) is 1. The zero-order valence-corrected chi connectivity index (χ0v) is 10.5. The van der Waals surface area contributed by atoms with Crippen molar-refractivity contribution in [3.05, 3.63) is 29.1 Å². The van der Waals surface area contributed by atoms with E-state index in [0.717, 1.165) is 0 Å². The molecule has 1 aromatic carbocycles. The molecule has 18 heavy (non-hydrogen) atoms. The van der Waals surface area contributed by atoms with Crippen LogP contribution >= 0.6 is 0 Å². The summed E-state index contributed by atoms with van der Waals surface area (Å²) in [6.45, 7) is 2.97. The molecular weight excluding hydrogens is 239 g/mol. The van der Waals surface area contributed by atoms with E-state index in [2.05, 4.69) is 0 Å². The highest BCUT2D eigenvalue weighted by atomic mass is 19.1. The van der Waals surface area contributed by atoms with E-state index in [9.17, 15) is 14.0 Å². The van der Waals surface area contributed by atoms with Gasteiger partial charge in [0, 0.05) is 11.5 Å². The van der Waals surface area contributed by atoms with E-state index < -0.39 is 23.5 Å². The Morgan fingerprint density at radius 3 is 2.56 bits per heavy atom. The van der Waals surface area contributed by atoms with Crippen LogP contribution in [0.3, 0.4) is 0 Å². The third-order valence-electron chi connectivity index (χ3n) is 2.75. The van der Waals surface area contributed by atoms with Crippen LogP contribution in [0.5, 0.6) is 5.75 Å². The summed E-state index contributed by atoms with van der Waals surface area (Å²) in [6.07, 6.45) is -0.316. The van der Waals surface area contributed by atoms with Crippen molar-refractivity contribution in [3.8, 4) is 5.75 Å². The van der Waals surface area contributed by atoms with Crippen LogP contribution < -0.4 is 4.74 Å². The molecule has 1 N–H and O–H groups in total. The van der Waals surface area contributed by atoms with E-state index in [1.54, 1.807) is 0 Å². The second-order valence-electron chi connectivity index (χ2n) is 4.12. The van der Waals surface area contributed by atoms with E-state index >= 15 is 0 Å². The molecule has 0 fully saturated rings. The Bertz CT molecular complexity index is 482. The maximum absolute atomic E-state index is 13.9. The smallest absolute Gasteiger partial charge is 0.304 e. The number of carbonyl (C=O) groups is 2.